The van der Waals surface area contributed by atoms with E-state index in [9.17, 15) is 14.7 Å². The summed E-state index contributed by atoms with van der Waals surface area (Å²) in [6.07, 6.45) is 0. The van der Waals surface area contributed by atoms with Crippen molar-refractivity contribution >= 4 is 5.91 Å². The highest BCUT2D eigenvalue weighted by atomic mass is 16.3. The molecule has 1 amide bonds. The molecule has 1 unspecified atom stereocenters. The highest BCUT2D eigenvalue weighted by Crippen LogP contribution is 2.16. The third kappa shape index (κ3) is 3.64. The van der Waals surface area contributed by atoms with Crippen molar-refractivity contribution in [3.05, 3.63) is 87.8 Å². The Balaban J connectivity index is 1.93. The molecule has 0 fully saturated rings. The van der Waals surface area contributed by atoms with Gasteiger partial charge < -0.3 is 10.4 Å². The van der Waals surface area contributed by atoms with Gasteiger partial charge in [-0.1, -0.05) is 42.5 Å². The van der Waals surface area contributed by atoms with E-state index in [-0.39, 0.29) is 11.7 Å². The summed E-state index contributed by atoms with van der Waals surface area (Å²) < 4.78 is 1.11. The maximum absolute atomic E-state index is 12.6. The molecule has 0 aliphatic rings. The highest BCUT2D eigenvalue weighted by Gasteiger charge is 2.19. The van der Waals surface area contributed by atoms with Gasteiger partial charge in [-0.15, -0.1) is 0 Å². The molecule has 0 bridgehead atoms. The lowest BCUT2D eigenvalue weighted by Gasteiger charge is -2.15. The largest absolute Gasteiger partial charge is 0.505 e. The van der Waals surface area contributed by atoms with Crippen LogP contribution in [0.4, 0.5) is 0 Å². The third-order valence-corrected chi connectivity index (χ3v) is 4.02. The van der Waals surface area contributed by atoms with E-state index in [2.05, 4.69) is 10.4 Å². The van der Waals surface area contributed by atoms with Crippen LogP contribution in [-0.4, -0.2) is 20.8 Å². The minimum absolute atomic E-state index is 0.200. The molecule has 0 radical (unpaired) electrons. The van der Waals surface area contributed by atoms with Crippen LogP contribution in [0.15, 0.2) is 65.5 Å². The first-order valence-corrected chi connectivity index (χ1v) is 8.22. The summed E-state index contributed by atoms with van der Waals surface area (Å²) >= 11 is 0. The van der Waals surface area contributed by atoms with Crippen LogP contribution in [0.1, 0.15) is 34.6 Å². The second-order valence-corrected chi connectivity index (χ2v) is 6.07. The van der Waals surface area contributed by atoms with Crippen molar-refractivity contribution in [1.29, 1.82) is 0 Å². The smallest absolute Gasteiger partial charge is 0.276 e. The van der Waals surface area contributed by atoms with Crippen LogP contribution in [0.25, 0.3) is 5.69 Å². The number of nitrogens with one attached hydrogen (secondary N) is 1. The number of hydrogen-bond acceptors (Lipinski definition) is 4. The Hall–Kier alpha value is -3.41. The minimum Gasteiger partial charge on any atom is -0.505 e. The quantitative estimate of drug-likeness (QED) is 0.758. The fraction of sp³-hybridized carbons (Fsp3) is 0.150. The fourth-order valence-electron chi connectivity index (χ4n) is 2.64. The van der Waals surface area contributed by atoms with E-state index in [0.29, 0.717) is 5.69 Å². The summed E-state index contributed by atoms with van der Waals surface area (Å²) in [6.45, 7) is 3.73. The highest BCUT2D eigenvalue weighted by molar-refractivity contribution is 5.94. The summed E-state index contributed by atoms with van der Waals surface area (Å²) in [4.78, 5) is 24.7. The number of carbonyl (C=O) groups excluding carboxylic acids is 1. The molecule has 0 aliphatic heterocycles. The number of nitrogens with zero attached hydrogens (tertiary/aromatic N) is 2. The summed E-state index contributed by atoms with van der Waals surface area (Å²) in [5, 5.41) is 16.9. The number of aromatic nitrogens is 2. The molecular formula is C20H19N3O3. The van der Waals surface area contributed by atoms with E-state index in [1.165, 1.54) is 0 Å². The molecule has 1 atom stereocenters. The lowest BCUT2D eigenvalue weighted by atomic mass is 10.1. The van der Waals surface area contributed by atoms with Crippen molar-refractivity contribution in [2.24, 2.45) is 0 Å². The maximum atomic E-state index is 12.6. The first-order valence-electron chi connectivity index (χ1n) is 8.22. The Kier molecular flexibility index (Phi) is 4.84. The molecule has 3 aromatic rings. The van der Waals surface area contributed by atoms with Gasteiger partial charge in [0.15, 0.2) is 11.4 Å². The van der Waals surface area contributed by atoms with Crippen molar-refractivity contribution in [3.63, 3.8) is 0 Å². The lowest BCUT2D eigenvalue weighted by Crippen LogP contribution is -2.31. The van der Waals surface area contributed by atoms with E-state index in [1.807, 2.05) is 50.2 Å². The van der Waals surface area contributed by atoms with E-state index in [4.69, 9.17) is 0 Å². The second-order valence-electron chi connectivity index (χ2n) is 6.07. The van der Waals surface area contributed by atoms with Gasteiger partial charge in [0.25, 0.3) is 11.5 Å². The Bertz CT molecular complexity index is 997. The number of rotatable bonds is 4. The molecule has 2 aromatic carbocycles. The number of hydrogen-bond donors (Lipinski definition) is 2. The third-order valence-electron chi connectivity index (χ3n) is 4.02. The molecule has 0 spiro atoms. The van der Waals surface area contributed by atoms with Crippen LogP contribution >= 0.6 is 0 Å². The standard InChI is InChI=1S/C20H19N3O3/c1-13-7-6-10-16(11-13)23-18(25)12-17(24)19(22-23)20(26)21-14(2)15-8-4-3-5-9-15/h3-12,14,24H,1-2H3,(H,21,26). The molecule has 1 aromatic heterocycles. The number of benzene rings is 2. The molecule has 6 heteroatoms. The fourth-order valence-corrected chi connectivity index (χ4v) is 2.64. The molecule has 26 heavy (non-hydrogen) atoms. The molecule has 6 nitrogen and oxygen atoms in total. The summed E-state index contributed by atoms with van der Waals surface area (Å²) in [5.41, 5.74) is 1.69. The van der Waals surface area contributed by atoms with Crippen LogP contribution in [0.3, 0.4) is 0 Å². The monoisotopic (exact) mass is 349 g/mol. The maximum Gasteiger partial charge on any atom is 0.276 e. The first kappa shape index (κ1) is 17.4. The molecule has 0 saturated carbocycles. The molecule has 1 heterocycles. The van der Waals surface area contributed by atoms with E-state index in [0.717, 1.165) is 21.9 Å². The molecule has 3 rings (SSSR count). The van der Waals surface area contributed by atoms with Crippen LogP contribution in [-0.2, 0) is 0 Å². The van der Waals surface area contributed by atoms with Gasteiger partial charge in [0.05, 0.1) is 11.7 Å². The summed E-state index contributed by atoms with van der Waals surface area (Å²) in [7, 11) is 0. The normalized spacial score (nSPS) is 11.8. The van der Waals surface area contributed by atoms with Gasteiger partial charge in [-0.2, -0.15) is 9.78 Å². The predicted octanol–water partition coefficient (Wildman–Crippen LogP) is 2.74. The first-order chi connectivity index (χ1) is 12.5. The Labute approximate surface area is 150 Å². The average molecular weight is 349 g/mol. The number of carbonyl (C=O) groups is 1. The van der Waals surface area contributed by atoms with Gasteiger partial charge in [-0.25, -0.2) is 0 Å². The van der Waals surface area contributed by atoms with Crippen molar-refractivity contribution in [2.75, 3.05) is 0 Å². The molecule has 132 valence electrons. The zero-order chi connectivity index (χ0) is 18.7. The average Bonchev–Trinajstić information content (AvgIpc) is 2.62. The van der Waals surface area contributed by atoms with Crippen LogP contribution < -0.4 is 10.9 Å². The number of amides is 1. The van der Waals surface area contributed by atoms with Crippen molar-refractivity contribution in [2.45, 2.75) is 19.9 Å². The number of aryl methyl sites for hydroxylation is 1. The molecule has 0 saturated heterocycles. The zero-order valence-corrected chi connectivity index (χ0v) is 14.5. The summed E-state index contributed by atoms with van der Waals surface area (Å²) in [5.74, 6) is -1.00. The van der Waals surface area contributed by atoms with Gasteiger partial charge in [-0.05, 0) is 37.1 Å². The van der Waals surface area contributed by atoms with Gasteiger partial charge in [0.1, 0.15) is 0 Å². The predicted molar refractivity (Wildman–Crippen MR) is 98.6 cm³/mol. The van der Waals surface area contributed by atoms with Crippen LogP contribution in [0.2, 0.25) is 0 Å². The SMILES string of the molecule is Cc1cccc(-n2nc(C(=O)NC(C)c3ccccc3)c(O)cc2=O)c1. The Morgan fingerprint density at radius 2 is 1.85 bits per heavy atom. The van der Waals surface area contributed by atoms with Crippen LogP contribution in [0, 0.1) is 6.92 Å². The lowest BCUT2D eigenvalue weighted by molar-refractivity contribution is 0.0930. The van der Waals surface area contributed by atoms with Gasteiger partial charge in [0, 0.05) is 6.07 Å². The molecule has 0 aliphatic carbocycles. The number of aromatic hydroxyl groups is 1. The van der Waals surface area contributed by atoms with Gasteiger partial charge >= 0.3 is 0 Å². The minimum atomic E-state index is -0.555. The molecular weight excluding hydrogens is 330 g/mol. The van der Waals surface area contributed by atoms with E-state index < -0.39 is 17.2 Å². The van der Waals surface area contributed by atoms with Crippen molar-refractivity contribution in [1.82, 2.24) is 15.1 Å². The van der Waals surface area contributed by atoms with E-state index >= 15 is 0 Å². The van der Waals surface area contributed by atoms with Gasteiger partial charge in [0.2, 0.25) is 0 Å². The Morgan fingerprint density at radius 3 is 2.54 bits per heavy atom. The zero-order valence-electron chi connectivity index (χ0n) is 14.5. The van der Waals surface area contributed by atoms with E-state index in [1.54, 1.807) is 18.2 Å². The van der Waals surface area contributed by atoms with Crippen molar-refractivity contribution < 1.29 is 9.90 Å². The second kappa shape index (κ2) is 7.23. The van der Waals surface area contributed by atoms with Crippen LogP contribution in [0.5, 0.6) is 5.75 Å². The van der Waals surface area contributed by atoms with Gasteiger partial charge in [-0.3, -0.25) is 9.59 Å². The summed E-state index contributed by atoms with van der Waals surface area (Å²) in [6, 6.07) is 17.3. The topological polar surface area (TPSA) is 84.2 Å². The molecule has 2 N–H and O–H groups in total. The Morgan fingerprint density at radius 1 is 1.12 bits per heavy atom. The van der Waals surface area contributed by atoms with Crippen molar-refractivity contribution in [3.8, 4) is 11.4 Å².